The second kappa shape index (κ2) is 3.20. The van der Waals surface area contributed by atoms with Gasteiger partial charge in [-0.15, -0.1) is 0 Å². The summed E-state index contributed by atoms with van der Waals surface area (Å²) in [5.41, 5.74) is 0.279. The minimum Gasteiger partial charge on any atom is -0.446 e. The number of hydrogen-bond donors (Lipinski definition) is 0. The molecule has 1 heterocycles. The molecule has 15 heavy (non-hydrogen) atoms. The van der Waals surface area contributed by atoms with Gasteiger partial charge in [0.2, 0.25) is 5.78 Å². The zero-order chi connectivity index (χ0) is 11.2. The molecular formula is C11H11ClO3. The zero-order valence-electron chi connectivity index (χ0n) is 8.59. The molecular weight excluding hydrogens is 216 g/mol. The van der Waals surface area contributed by atoms with Crippen LogP contribution in [0.5, 0.6) is 0 Å². The van der Waals surface area contributed by atoms with Crippen molar-refractivity contribution in [3.8, 4) is 0 Å². The highest BCUT2D eigenvalue weighted by atomic mass is 35.5. The molecule has 0 N–H and O–H groups in total. The van der Waals surface area contributed by atoms with E-state index in [2.05, 4.69) is 0 Å². The summed E-state index contributed by atoms with van der Waals surface area (Å²) >= 11 is 6.07. The lowest BCUT2D eigenvalue weighted by atomic mass is 9.82. The molecule has 1 spiro atoms. The van der Waals surface area contributed by atoms with E-state index in [0.29, 0.717) is 17.0 Å². The van der Waals surface area contributed by atoms with Crippen LogP contribution in [0, 0.1) is 0 Å². The molecule has 2 aliphatic rings. The predicted octanol–water partition coefficient (Wildman–Crippen LogP) is 2.10. The van der Waals surface area contributed by atoms with Gasteiger partial charge in [0, 0.05) is 11.5 Å². The van der Waals surface area contributed by atoms with Crippen molar-refractivity contribution in [2.45, 2.75) is 32.3 Å². The quantitative estimate of drug-likeness (QED) is 0.594. The molecule has 0 saturated carbocycles. The fourth-order valence-corrected chi connectivity index (χ4v) is 2.25. The van der Waals surface area contributed by atoms with Crippen LogP contribution in [0.1, 0.15) is 26.7 Å². The number of carbonyl (C=O) groups excluding carboxylic acids is 2. The first-order chi connectivity index (χ1) is 6.97. The molecule has 4 heteroatoms. The second-order valence-corrected chi connectivity index (χ2v) is 4.31. The highest BCUT2D eigenvalue weighted by Crippen LogP contribution is 2.41. The first-order valence-corrected chi connectivity index (χ1v) is 5.17. The smallest absolute Gasteiger partial charge is 0.307 e. The molecule has 3 nitrogen and oxygen atoms in total. The lowest BCUT2D eigenvalue weighted by Crippen LogP contribution is -2.41. The van der Waals surface area contributed by atoms with Crippen molar-refractivity contribution in [3.63, 3.8) is 0 Å². The Kier molecular flexibility index (Phi) is 2.23. The molecule has 2 rings (SSSR count). The van der Waals surface area contributed by atoms with Crippen LogP contribution in [0.2, 0.25) is 0 Å². The van der Waals surface area contributed by atoms with Gasteiger partial charge in [-0.2, -0.15) is 0 Å². The summed E-state index contributed by atoms with van der Waals surface area (Å²) in [5.74, 6) is -0.507. The Hall–Kier alpha value is -1.09. The molecule has 0 radical (unpaired) electrons. The molecule has 1 aliphatic carbocycles. The van der Waals surface area contributed by atoms with E-state index in [-0.39, 0.29) is 18.2 Å². The lowest BCUT2D eigenvalue weighted by Gasteiger charge is -2.30. The van der Waals surface area contributed by atoms with Gasteiger partial charge in [-0.05, 0) is 31.1 Å². The minimum absolute atomic E-state index is 0.173. The minimum atomic E-state index is -1.10. The van der Waals surface area contributed by atoms with Crippen molar-refractivity contribution < 1.29 is 14.3 Å². The van der Waals surface area contributed by atoms with Crippen molar-refractivity contribution in [2.75, 3.05) is 0 Å². The number of ketones is 1. The zero-order valence-corrected chi connectivity index (χ0v) is 9.35. The van der Waals surface area contributed by atoms with Crippen LogP contribution in [-0.2, 0) is 14.3 Å². The Balaban J connectivity index is 2.52. The average Bonchev–Trinajstić information content (AvgIpc) is 2.57. The predicted molar refractivity (Wildman–Crippen MR) is 55.4 cm³/mol. The molecule has 0 bridgehead atoms. The third-order valence-corrected chi connectivity index (χ3v) is 3.58. The molecule has 1 saturated heterocycles. The summed E-state index contributed by atoms with van der Waals surface area (Å²) in [6.45, 7) is 3.52. The van der Waals surface area contributed by atoms with Crippen LogP contribution < -0.4 is 0 Å². The van der Waals surface area contributed by atoms with E-state index in [1.807, 2.05) is 0 Å². The van der Waals surface area contributed by atoms with Crippen LogP contribution in [-0.4, -0.2) is 17.4 Å². The number of ether oxygens (including phenoxy) is 1. The Bertz CT molecular complexity index is 420. The molecule has 0 aromatic carbocycles. The summed E-state index contributed by atoms with van der Waals surface area (Å²) < 4.78 is 5.16. The third-order valence-electron chi connectivity index (χ3n) is 3.00. The largest absolute Gasteiger partial charge is 0.446 e. The van der Waals surface area contributed by atoms with Crippen LogP contribution in [0.15, 0.2) is 22.3 Å². The van der Waals surface area contributed by atoms with Crippen LogP contribution in [0.25, 0.3) is 0 Å². The fraction of sp³-hybridized carbons (Fsp3) is 0.455. The first-order valence-electron chi connectivity index (χ1n) is 4.79. The maximum Gasteiger partial charge on any atom is 0.307 e. The summed E-state index contributed by atoms with van der Waals surface area (Å²) in [6.07, 6.45) is 2.13. The number of halogens is 1. The molecule has 0 unspecified atom stereocenters. The summed E-state index contributed by atoms with van der Waals surface area (Å²) in [4.78, 5) is 23.0. The van der Waals surface area contributed by atoms with Gasteiger partial charge in [-0.25, -0.2) is 0 Å². The number of allylic oxidation sites excluding steroid dienone is 2. The summed E-state index contributed by atoms with van der Waals surface area (Å²) in [5, 5.41) is 0.532. The van der Waals surface area contributed by atoms with Gasteiger partial charge in [-0.1, -0.05) is 11.6 Å². The van der Waals surface area contributed by atoms with Crippen molar-refractivity contribution >= 4 is 23.4 Å². The second-order valence-electron chi connectivity index (χ2n) is 3.93. The summed E-state index contributed by atoms with van der Waals surface area (Å²) in [6, 6.07) is 0. The Morgan fingerprint density at radius 3 is 2.60 bits per heavy atom. The van der Waals surface area contributed by atoms with Gasteiger partial charge in [-0.3, -0.25) is 9.59 Å². The van der Waals surface area contributed by atoms with Crippen LogP contribution >= 0.6 is 11.6 Å². The van der Waals surface area contributed by atoms with E-state index >= 15 is 0 Å². The lowest BCUT2D eigenvalue weighted by molar-refractivity contribution is -0.152. The van der Waals surface area contributed by atoms with Crippen molar-refractivity contribution in [3.05, 3.63) is 22.3 Å². The summed E-state index contributed by atoms with van der Waals surface area (Å²) in [7, 11) is 0. The molecule has 0 aromatic heterocycles. The molecule has 1 fully saturated rings. The molecule has 1 aliphatic heterocycles. The van der Waals surface area contributed by atoms with E-state index < -0.39 is 5.60 Å². The number of carbonyl (C=O) groups is 2. The van der Waals surface area contributed by atoms with Gasteiger partial charge in [0.15, 0.2) is 5.60 Å². The van der Waals surface area contributed by atoms with Crippen molar-refractivity contribution in [1.82, 2.24) is 0 Å². The van der Waals surface area contributed by atoms with Gasteiger partial charge in [0.05, 0.1) is 6.42 Å². The Labute approximate surface area is 92.7 Å². The molecule has 0 aromatic rings. The monoisotopic (exact) mass is 226 g/mol. The SMILES string of the molecule is CC1=CC(=O)[C@]2(CCC(=O)O2)C(C)=C1Cl. The highest BCUT2D eigenvalue weighted by Gasteiger charge is 2.50. The van der Waals surface area contributed by atoms with Gasteiger partial charge in [0.1, 0.15) is 0 Å². The van der Waals surface area contributed by atoms with E-state index in [1.54, 1.807) is 13.8 Å². The van der Waals surface area contributed by atoms with E-state index in [1.165, 1.54) is 6.08 Å². The Morgan fingerprint density at radius 1 is 1.40 bits per heavy atom. The third kappa shape index (κ3) is 1.34. The van der Waals surface area contributed by atoms with E-state index in [4.69, 9.17) is 16.3 Å². The number of esters is 1. The first kappa shape index (κ1) is 10.4. The van der Waals surface area contributed by atoms with Crippen LogP contribution in [0.3, 0.4) is 0 Å². The van der Waals surface area contributed by atoms with Crippen molar-refractivity contribution in [1.29, 1.82) is 0 Å². The van der Waals surface area contributed by atoms with E-state index in [9.17, 15) is 9.59 Å². The number of rotatable bonds is 0. The standard InChI is InChI=1S/C11H11ClO3/c1-6-5-8(13)11(7(2)10(6)12)4-3-9(14)15-11/h5H,3-4H2,1-2H3/t11-/m0/s1. The number of hydrogen-bond acceptors (Lipinski definition) is 3. The maximum atomic E-state index is 11.9. The average molecular weight is 227 g/mol. The molecule has 1 atom stereocenters. The normalized spacial score (nSPS) is 31.0. The Morgan fingerprint density at radius 2 is 2.07 bits per heavy atom. The molecule has 0 amide bonds. The maximum absolute atomic E-state index is 11.9. The molecule has 80 valence electrons. The van der Waals surface area contributed by atoms with Gasteiger partial charge < -0.3 is 4.74 Å². The van der Waals surface area contributed by atoms with Crippen molar-refractivity contribution in [2.24, 2.45) is 0 Å². The van der Waals surface area contributed by atoms with Gasteiger partial charge in [0.25, 0.3) is 0 Å². The highest BCUT2D eigenvalue weighted by molar-refractivity contribution is 6.34. The van der Waals surface area contributed by atoms with Crippen LogP contribution in [0.4, 0.5) is 0 Å². The van der Waals surface area contributed by atoms with Gasteiger partial charge >= 0.3 is 5.97 Å². The topological polar surface area (TPSA) is 43.4 Å². The van der Waals surface area contributed by atoms with E-state index in [0.717, 1.165) is 5.57 Å². The fourth-order valence-electron chi connectivity index (χ4n) is 2.05.